The Balaban J connectivity index is 2.65. The van der Waals surface area contributed by atoms with Crippen molar-refractivity contribution in [2.45, 2.75) is 13.8 Å². The van der Waals surface area contributed by atoms with Gasteiger partial charge in [-0.15, -0.1) is 0 Å². The molecule has 4 nitrogen and oxygen atoms in total. The van der Waals surface area contributed by atoms with E-state index in [4.69, 9.17) is 0 Å². The van der Waals surface area contributed by atoms with Gasteiger partial charge in [-0.2, -0.15) is 0 Å². The molecule has 0 radical (unpaired) electrons. The SMILES string of the molecule is CCN(c1cccc2cc(C)cnc12)S(=O)[O-]. The maximum Gasteiger partial charge on any atom is 0.0944 e. The fourth-order valence-electron chi connectivity index (χ4n) is 1.81. The summed E-state index contributed by atoms with van der Waals surface area (Å²) in [6.45, 7) is 4.15. The normalized spacial score (nSPS) is 12.6. The minimum atomic E-state index is -2.27. The van der Waals surface area contributed by atoms with Crippen molar-refractivity contribution >= 4 is 27.9 Å². The average molecular weight is 249 g/mol. The zero-order chi connectivity index (χ0) is 12.4. The number of benzene rings is 1. The lowest BCUT2D eigenvalue weighted by Crippen LogP contribution is -2.25. The van der Waals surface area contributed by atoms with Gasteiger partial charge in [0.05, 0.1) is 11.2 Å². The Kier molecular flexibility index (Phi) is 3.40. The molecule has 1 heterocycles. The van der Waals surface area contributed by atoms with Gasteiger partial charge >= 0.3 is 0 Å². The molecule has 0 saturated heterocycles. The molecule has 5 heteroatoms. The number of aryl methyl sites for hydroxylation is 1. The Bertz CT molecular complexity index is 571. The van der Waals surface area contributed by atoms with Crippen LogP contribution in [0.5, 0.6) is 0 Å². The molecule has 0 N–H and O–H groups in total. The van der Waals surface area contributed by atoms with Crippen molar-refractivity contribution in [3.8, 4) is 0 Å². The summed E-state index contributed by atoms with van der Waals surface area (Å²) in [4.78, 5) is 4.32. The van der Waals surface area contributed by atoms with E-state index >= 15 is 0 Å². The molecular formula is C12H13N2O2S-. The van der Waals surface area contributed by atoms with Crippen LogP contribution in [-0.2, 0) is 11.3 Å². The molecule has 17 heavy (non-hydrogen) atoms. The van der Waals surface area contributed by atoms with E-state index in [0.717, 1.165) is 10.9 Å². The van der Waals surface area contributed by atoms with Crippen LogP contribution in [0, 0.1) is 6.92 Å². The number of hydrogen-bond donors (Lipinski definition) is 0. The van der Waals surface area contributed by atoms with Crippen LogP contribution in [0.25, 0.3) is 10.9 Å². The summed E-state index contributed by atoms with van der Waals surface area (Å²) in [6, 6.07) is 7.53. The predicted molar refractivity (Wildman–Crippen MR) is 68.4 cm³/mol. The fourth-order valence-corrected chi connectivity index (χ4v) is 2.33. The standard InChI is InChI=1S/C12H14N2O2S/c1-3-14(17(15)16)11-6-4-5-10-7-9(2)8-13-12(10)11/h4-8H,3H2,1-2H3,(H,15,16)/p-1. The van der Waals surface area contributed by atoms with Crippen molar-refractivity contribution in [3.63, 3.8) is 0 Å². The van der Waals surface area contributed by atoms with Crippen LogP contribution in [0.15, 0.2) is 30.5 Å². The summed E-state index contributed by atoms with van der Waals surface area (Å²) in [7, 11) is 0. The van der Waals surface area contributed by atoms with Gasteiger partial charge in [-0.1, -0.05) is 12.1 Å². The second-order valence-electron chi connectivity index (χ2n) is 3.77. The molecule has 0 amide bonds. The molecule has 0 aliphatic rings. The van der Waals surface area contributed by atoms with E-state index in [1.54, 1.807) is 19.2 Å². The van der Waals surface area contributed by atoms with Gasteiger partial charge in [0.1, 0.15) is 0 Å². The van der Waals surface area contributed by atoms with Crippen LogP contribution in [0.1, 0.15) is 12.5 Å². The molecule has 2 rings (SSSR count). The number of hydrogen-bond acceptors (Lipinski definition) is 3. The van der Waals surface area contributed by atoms with Crippen LogP contribution in [0.2, 0.25) is 0 Å². The lowest BCUT2D eigenvalue weighted by atomic mass is 10.1. The molecule has 0 saturated carbocycles. The number of rotatable bonds is 3. The van der Waals surface area contributed by atoms with E-state index in [-0.39, 0.29) is 0 Å². The first kappa shape index (κ1) is 12.0. The van der Waals surface area contributed by atoms with Crippen LogP contribution in [-0.4, -0.2) is 20.3 Å². The molecule has 0 aliphatic carbocycles. The van der Waals surface area contributed by atoms with Crippen LogP contribution in [0.4, 0.5) is 5.69 Å². The summed E-state index contributed by atoms with van der Waals surface area (Å²) in [6.07, 6.45) is 1.74. The van der Waals surface area contributed by atoms with Crippen molar-refractivity contribution in [2.75, 3.05) is 10.8 Å². The maximum atomic E-state index is 11.1. The highest BCUT2D eigenvalue weighted by Crippen LogP contribution is 2.26. The number of nitrogens with zero attached hydrogens (tertiary/aromatic N) is 2. The van der Waals surface area contributed by atoms with E-state index in [0.29, 0.717) is 17.7 Å². The van der Waals surface area contributed by atoms with Crippen LogP contribution >= 0.6 is 0 Å². The smallest absolute Gasteiger partial charge is 0.0944 e. The highest BCUT2D eigenvalue weighted by molar-refractivity contribution is 7.80. The molecule has 0 fully saturated rings. The highest BCUT2D eigenvalue weighted by Gasteiger charge is 2.09. The third kappa shape index (κ3) is 2.30. The maximum absolute atomic E-state index is 11.1. The summed E-state index contributed by atoms with van der Waals surface area (Å²) in [5.74, 6) is 0. The molecule has 90 valence electrons. The third-order valence-corrected chi connectivity index (χ3v) is 3.38. The molecule has 2 aromatic rings. The van der Waals surface area contributed by atoms with Gasteiger partial charge in [-0.05, 0) is 31.5 Å². The fraction of sp³-hybridized carbons (Fsp3) is 0.250. The Hall–Kier alpha value is -1.46. The van der Waals surface area contributed by atoms with E-state index in [2.05, 4.69) is 4.98 Å². The van der Waals surface area contributed by atoms with Crippen LogP contribution in [0.3, 0.4) is 0 Å². The number of aromatic nitrogens is 1. The highest BCUT2D eigenvalue weighted by atomic mass is 32.2. The van der Waals surface area contributed by atoms with Crippen molar-refractivity contribution in [1.29, 1.82) is 0 Å². The van der Waals surface area contributed by atoms with Gasteiger partial charge in [-0.25, -0.2) is 0 Å². The minimum absolute atomic E-state index is 0.394. The Morgan fingerprint density at radius 3 is 2.88 bits per heavy atom. The van der Waals surface area contributed by atoms with Gasteiger partial charge in [0.2, 0.25) is 0 Å². The van der Waals surface area contributed by atoms with Crippen molar-refractivity contribution in [3.05, 3.63) is 36.0 Å². The summed E-state index contributed by atoms with van der Waals surface area (Å²) >= 11 is -2.27. The Morgan fingerprint density at radius 1 is 1.47 bits per heavy atom. The molecule has 1 unspecified atom stereocenters. The third-order valence-electron chi connectivity index (χ3n) is 2.56. The van der Waals surface area contributed by atoms with Gasteiger partial charge in [0.15, 0.2) is 0 Å². The van der Waals surface area contributed by atoms with E-state index in [1.807, 2.05) is 25.1 Å². The molecule has 1 aromatic carbocycles. The monoisotopic (exact) mass is 249 g/mol. The first-order chi connectivity index (χ1) is 8.13. The minimum Gasteiger partial charge on any atom is -0.755 e. The van der Waals surface area contributed by atoms with E-state index in [1.165, 1.54) is 4.31 Å². The largest absolute Gasteiger partial charge is 0.755 e. The number of anilines is 1. The van der Waals surface area contributed by atoms with Gasteiger partial charge in [0.25, 0.3) is 0 Å². The molecule has 1 aromatic heterocycles. The Labute approximate surface area is 103 Å². The lowest BCUT2D eigenvalue weighted by molar-refractivity contribution is 0.533. The van der Waals surface area contributed by atoms with Crippen molar-refractivity contribution < 1.29 is 8.76 Å². The van der Waals surface area contributed by atoms with Gasteiger partial charge in [0, 0.05) is 29.4 Å². The van der Waals surface area contributed by atoms with Crippen LogP contribution < -0.4 is 4.31 Å². The predicted octanol–water partition coefficient (Wildman–Crippen LogP) is 2.16. The van der Waals surface area contributed by atoms with Gasteiger partial charge < -0.3 is 8.86 Å². The summed E-state index contributed by atoms with van der Waals surface area (Å²) in [5, 5.41) is 0.950. The second kappa shape index (κ2) is 4.81. The van der Waals surface area contributed by atoms with Crippen molar-refractivity contribution in [1.82, 2.24) is 4.98 Å². The Morgan fingerprint density at radius 2 is 2.24 bits per heavy atom. The van der Waals surface area contributed by atoms with Crippen molar-refractivity contribution in [2.24, 2.45) is 0 Å². The molecule has 0 aliphatic heterocycles. The quantitative estimate of drug-likeness (QED) is 0.783. The summed E-state index contributed by atoms with van der Waals surface area (Å²) in [5.41, 5.74) is 2.39. The summed E-state index contributed by atoms with van der Waals surface area (Å²) < 4.78 is 23.6. The number of fused-ring (bicyclic) bond motifs is 1. The van der Waals surface area contributed by atoms with E-state index in [9.17, 15) is 8.76 Å². The zero-order valence-corrected chi connectivity index (χ0v) is 10.5. The first-order valence-corrected chi connectivity index (χ1v) is 6.39. The number of pyridine rings is 1. The topological polar surface area (TPSA) is 56.3 Å². The molecular weight excluding hydrogens is 236 g/mol. The van der Waals surface area contributed by atoms with Gasteiger partial charge in [-0.3, -0.25) is 9.19 Å². The zero-order valence-electron chi connectivity index (χ0n) is 9.71. The first-order valence-electron chi connectivity index (χ1n) is 5.35. The molecule has 0 bridgehead atoms. The lowest BCUT2D eigenvalue weighted by Gasteiger charge is -2.25. The molecule has 1 atom stereocenters. The average Bonchev–Trinajstić information content (AvgIpc) is 2.29. The second-order valence-corrected chi connectivity index (χ2v) is 4.65. The number of para-hydroxylation sites is 1. The van der Waals surface area contributed by atoms with E-state index < -0.39 is 11.3 Å². The molecule has 0 spiro atoms.